The van der Waals surface area contributed by atoms with Crippen molar-refractivity contribution in [3.05, 3.63) is 46.8 Å². The molecule has 0 aliphatic carbocycles. The average molecular weight is 231 g/mol. The Kier molecular flexibility index (Phi) is 3.75. The van der Waals surface area contributed by atoms with Crippen LogP contribution >= 0.6 is 11.3 Å². The maximum atomic E-state index is 3.18. The lowest BCUT2D eigenvalue weighted by Gasteiger charge is -1.98. The molecule has 2 heteroatoms. The van der Waals surface area contributed by atoms with E-state index in [4.69, 9.17) is 0 Å². The zero-order valence-corrected chi connectivity index (χ0v) is 10.6. The Morgan fingerprint density at radius 3 is 2.88 bits per heavy atom. The molecule has 1 N–H and O–H groups in total. The smallest absolute Gasteiger partial charge is 0.0345 e. The van der Waals surface area contributed by atoms with Gasteiger partial charge in [-0.05, 0) is 49.5 Å². The number of aryl methyl sites for hydroxylation is 1. The molecule has 0 radical (unpaired) electrons. The van der Waals surface area contributed by atoms with Gasteiger partial charge >= 0.3 is 0 Å². The fraction of sp³-hybridized carbons (Fsp3) is 0.286. The third-order valence-electron chi connectivity index (χ3n) is 2.62. The second-order valence-electron chi connectivity index (χ2n) is 4.04. The molecule has 84 valence electrons. The van der Waals surface area contributed by atoms with Crippen molar-refractivity contribution in [3.63, 3.8) is 0 Å². The summed E-state index contributed by atoms with van der Waals surface area (Å²) in [5.41, 5.74) is 4.08. The minimum absolute atomic E-state index is 1.05. The number of likely N-dealkylation sites (N-methyl/N-ethyl adjacent to an activating group) is 1. The van der Waals surface area contributed by atoms with Crippen LogP contribution in [0.5, 0.6) is 0 Å². The zero-order valence-electron chi connectivity index (χ0n) is 9.79. The van der Waals surface area contributed by atoms with Crippen molar-refractivity contribution in [2.75, 3.05) is 13.6 Å². The number of thiophene rings is 1. The van der Waals surface area contributed by atoms with E-state index < -0.39 is 0 Å². The summed E-state index contributed by atoms with van der Waals surface area (Å²) >= 11 is 1.83. The van der Waals surface area contributed by atoms with Crippen LogP contribution in [0.15, 0.2) is 35.7 Å². The fourth-order valence-electron chi connectivity index (χ4n) is 1.73. The van der Waals surface area contributed by atoms with Gasteiger partial charge in [0.25, 0.3) is 0 Å². The highest BCUT2D eigenvalue weighted by atomic mass is 32.1. The van der Waals surface area contributed by atoms with Gasteiger partial charge in [0, 0.05) is 4.88 Å². The highest BCUT2D eigenvalue weighted by Gasteiger charge is 2.02. The average Bonchev–Trinajstić information content (AvgIpc) is 2.75. The molecule has 0 spiro atoms. The van der Waals surface area contributed by atoms with Gasteiger partial charge in [-0.2, -0.15) is 0 Å². The Morgan fingerprint density at radius 2 is 2.12 bits per heavy atom. The largest absolute Gasteiger partial charge is 0.319 e. The lowest BCUT2D eigenvalue weighted by molar-refractivity contribution is 0.793. The Hall–Kier alpha value is -1.12. The molecule has 0 amide bonds. The molecule has 0 aliphatic heterocycles. The van der Waals surface area contributed by atoms with Crippen LogP contribution in [0.3, 0.4) is 0 Å². The van der Waals surface area contributed by atoms with Crippen LogP contribution in [0.2, 0.25) is 0 Å². The molecule has 0 saturated heterocycles. The minimum Gasteiger partial charge on any atom is -0.319 e. The molecule has 0 unspecified atom stereocenters. The first kappa shape index (κ1) is 11.4. The summed E-state index contributed by atoms with van der Waals surface area (Å²) in [6.45, 7) is 3.18. The van der Waals surface area contributed by atoms with Crippen LogP contribution in [0, 0.1) is 6.92 Å². The van der Waals surface area contributed by atoms with Gasteiger partial charge in [-0.25, -0.2) is 0 Å². The van der Waals surface area contributed by atoms with Crippen LogP contribution in [0.25, 0.3) is 10.4 Å². The van der Waals surface area contributed by atoms with Crippen molar-refractivity contribution < 1.29 is 0 Å². The molecule has 1 aromatic heterocycles. The molecular weight excluding hydrogens is 214 g/mol. The Balaban J connectivity index is 2.18. The molecule has 2 rings (SSSR count). The van der Waals surface area contributed by atoms with Crippen molar-refractivity contribution in [2.45, 2.75) is 13.3 Å². The van der Waals surface area contributed by atoms with Gasteiger partial charge in [0.05, 0.1) is 0 Å². The lowest BCUT2D eigenvalue weighted by Crippen LogP contribution is -2.09. The fourth-order valence-corrected chi connectivity index (χ4v) is 2.67. The van der Waals surface area contributed by atoms with E-state index in [9.17, 15) is 0 Å². The van der Waals surface area contributed by atoms with Gasteiger partial charge < -0.3 is 5.32 Å². The lowest BCUT2D eigenvalue weighted by atomic mass is 10.1. The van der Waals surface area contributed by atoms with Gasteiger partial charge in [-0.1, -0.05) is 29.8 Å². The summed E-state index contributed by atoms with van der Waals surface area (Å²) in [5.74, 6) is 0. The second kappa shape index (κ2) is 5.28. The van der Waals surface area contributed by atoms with E-state index >= 15 is 0 Å². The molecule has 0 bridgehead atoms. The summed E-state index contributed by atoms with van der Waals surface area (Å²) in [7, 11) is 1.99. The molecule has 0 atom stereocenters. The Bertz CT molecular complexity index is 459. The van der Waals surface area contributed by atoms with E-state index in [-0.39, 0.29) is 0 Å². The van der Waals surface area contributed by atoms with Crippen molar-refractivity contribution in [2.24, 2.45) is 0 Å². The number of hydrogen-bond donors (Lipinski definition) is 1. The van der Waals surface area contributed by atoms with Gasteiger partial charge in [0.1, 0.15) is 0 Å². The molecule has 1 heterocycles. The summed E-state index contributed by atoms with van der Waals surface area (Å²) in [6, 6.07) is 11.0. The van der Waals surface area contributed by atoms with Crippen molar-refractivity contribution in [1.29, 1.82) is 0 Å². The topological polar surface area (TPSA) is 12.0 Å². The Labute approximate surface area is 101 Å². The van der Waals surface area contributed by atoms with E-state index in [1.807, 2.05) is 18.4 Å². The third kappa shape index (κ3) is 2.71. The van der Waals surface area contributed by atoms with Crippen LogP contribution in [-0.4, -0.2) is 13.6 Å². The molecule has 1 aromatic carbocycles. The van der Waals surface area contributed by atoms with E-state index in [0.29, 0.717) is 0 Å². The Morgan fingerprint density at radius 1 is 1.25 bits per heavy atom. The van der Waals surface area contributed by atoms with Crippen molar-refractivity contribution >= 4 is 11.3 Å². The van der Waals surface area contributed by atoms with E-state index in [0.717, 1.165) is 13.0 Å². The second-order valence-corrected chi connectivity index (χ2v) is 4.95. The molecular formula is C14H17NS. The first-order chi connectivity index (χ1) is 7.79. The highest BCUT2D eigenvalue weighted by Crippen LogP contribution is 2.27. The number of nitrogens with one attached hydrogen (secondary N) is 1. The summed E-state index contributed by atoms with van der Waals surface area (Å²) in [5, 5.41) is 5.44. The SMILES string of the molecule is CNCCc1csc(-c2cccc(C)c2)c1. The molecule has 16 heavy (non-hydrogen) atoms. The minimum atomic E-state index is 1.05. The summed E-state index contributed by atoms with van der Waals surface area (Å²) < 4.78 is 0. The van der Waals surface area contributed by atoms with Gasteiger partial charge in [0.2, 0.25) is 0 Å². The third-order valence-corrected chi connectivity index (χ3v) is 3.65. The van der Waals surface area contributed by atoms with Crippen molar-refractivity contribution in [3.8, 4) is 10.4 Å². The quantitative estimate of drug-likeness (QED) is 0.849. The predicted molar refractivity (Wildman–Crippen MR) is 72.1 cm³/mol. The predicted octanol–water partition coefficient (Wildman–Crippen LogP) is 3.49. The summed E-state index contributed by atoms with van der Waals surface area (Å²) in [6.07, 6.45) is 1.11. The number of benzene rings is 1. The molecule has 0 aliphatic rings. The van der Waals surface area contributed by atoms with E-state index in [1.165, 1.54) is 21.6 Å². The summed E-state index contributed by atoms with van der Waals surface area (Å²) in [4.78, 5) is 1.37. The number of rotatable bonds is 4. The number of hydrogen-bond acceptors (Lipinski definition) is 2. The van der Waals surface area contributed by atoms with E-state index in [2.05, 4.69) is 48.0 Å². The molecule has 1 nitrogen and oxygen atoms in total. The van der Waals surface area contributed by atoms with Gasteiger partial charge in [-0.15, -0.1) is 11.3 Å². The molecule has 0 saturated carbocycles. The van der Waals surface area contributed by atoms with Crippen LogP contribution in [-0.2, 0) is 6.42 Å². The molecule has 0 fully saturated rings. The van der Waals surface area contributed by atoms with Crippen LogP contribution in [0.4, 0.5) is 0 Å². The first-order valence-electron chi connectivity index (χ1n) is 5.58. The van der Waals surface area contributed by atoms with Gasteiger partial charge in [0.15, 0.2) is 0 Å². The first-order valence-corrected chi connectivity index (χ1v) is 6.46. The standard InChI is InChI=1S/C14H17NS/c1-11-4-3-5-13(8-11)14-9-12(10-16-14)6-7-15-2/h3-5,8-10,15H,6-7H2,1-2H3. The van der Waals surface area contributed by atoms with Crippen LogP contribution < -0.4 is 5.32 Å². The molecule has 2 aromatic rings. The monoisotopic (exact) mass is 231 g/mol. The van der Waals surface area contributed by atoms with Crippen molar-refractivity contribution in [1.82, 2.24) is 5.32 Å². The van der Waals surface area contributed by atoms with E-state index in [1.54, 1.807) is 0 Å². The highest BCUT2D eigenvalue weighted by molar-refractivity contribution is 7.13. The maximum Gasteiger partial charge on any atom is 0.0345 e. The maximum absolute atomic E-state index is 3.18. The van der Waals surface area contributed by atoms with Gasteiger partial charge in [-0.3, -0.25) is 0 Å². The van der Waals surface area contributed by atoms with Crippen LogP contribution in [0.1, 0.15) is 11.1 Å². The normalized spacial score (nSPS) is 10.6. The zero-order chi connectivity index (χ0) is 11.4.